The number of allylic oxidation sites excluding steroid dienone is 1. The second-order valence-electron chi connectivity index (χ2n) is 15.0. The fourth-order valence-electron chi connectivity index (χ4n) is 8.20. The van der Waals surface area contributed by atoms with Crippen molar-refractivity contribution in [3.05, 3.63) is 70.5 Å². The van der Waals surface area contributed by atoms with Crippen molar-refractivity contribution >= 4 is 44.4 Å². The maximum atomic E-state index is 14.4. The fourth-order valence-corrected chi connectivity index (χ4v) is 8.81. The summed E-state index contributed by atoms with van der Waals surface area (Å²) in [6, 6.07) is 12.0. The number of nitrogens with one attached hydrogen (secondary N) is 2. The molecule has 0 atom stereocenters. The maximum Gasteiger partial charge on any atom is 0.264 e. The van der Waals surface area contributed by atoms with Gasteiger partial charge < -0.3 is 19.5 Å². The molecule has 2 N–H and O–H groups in total. The normalized spacial score (nSPS) is 16.5. The highest BCUT2D eigenvalue weighted by Crippen LogP contribution is 2.48. The van der Waals surface area contributed by atoms with Gasteiger partial charge in [0.2, 0.25) is 10.0 Å². The minimum Gasteiger partial charge on any atom is -0.497 e. The van der Waals surface area contributed by atoms with Gasteiger partial charge in [-0.15, -0.1) is 0 Å². The zero-order chi connectivity index (χ0) is 37.4. The summed E-state index contributed by atoms with van der Waals surface area (Å²) in [5.41, 5.74) is 7.88. The van der Waals surface area contributed by atoms with Crippen LogP contribution < -0.4 is 14.8 Å². The number of fused-ring (bicyclic) bond motifs is 5. The van der Waals surface area contributed by atoms with Gasteiger partial charge in [0.1, 0.15) is 5.75 Å². The molecular formula is C41H52N6O5S. The molecule has 2 aliphatic carbocycles. The van der Waals surface area contributed by atoms with Crippen LogP contribution in [-0.4, -0.2) is 78.5 Å². The fraction of sp³-hybridized carbons (Fsp3) is 0.488. The van der Waals surface area contributed by atoms with Gasteiger partial charge in [0.05, 0.1) is 48.1 Å². The number of benzene rings is 2. The van der Waals surface area contributed by atoms with E-state index < -0.39 is 21.2 Å². The minimum absolute atomic E-state index is 0.0508. The molecule has 53 heavy (non-hydrogen) atoms. The third-order valence-electron chi connectivity index (χ3n) is 11.5. The molecule has 2 aromatic heterocycles. The lowest BCUT2D eigenvalue weighted by atomic mass is 9.81. The molecule has 12 heteroatoms. The molecule has 4 aromatic rings. The predicted molar refractivity (Wildman–Crippen MR) is 210 cm³/mol. The van der Waals surface area contributed by atoms with E-state index in [2.05, 4.69) is 37.5 Å². The van der Waals surface area contributed by atoms with Crippen LogP contribution in [0.1, 0.15) is 122 Å². The Labute approximate surface area is 312 Å². The monoisotopic (exact) mass is 740 g/mol. The van der Waals surface area contributed by atoms with Crippen molar-refractivity contribution in [2.45, 2.75) is 95.9 Å². The molecule has 2 saturated carbocycles. The second-order valence-corrected chi connectivity index (χ2v) is 17.2. The zero-order valence-electron chi connectivity index (χ0n) is 31.6. The maximum absolute atomic E-state index is 14.4. The van der Waals surface area contributed by atoms with Crippen LogP contribution in [0.15, 0.2) is 42.6 Å². The van der Waals surface area contributed by atoms with Crippen LogP contribution in [0.4, 0.5) is 0 Å². The summed E-state index contributed by atoms with van der Waals surface area (Å²) in [5.74, 6) is 0.358. The molecule has 2 aromatic carbocycles. The van der Waals surface area contributed by atoms with E-state index in [0.717, 1.165) is 89.7 Å². The van der Waals surface area contributed by atoms with Gasteiger partial charge in [-0.25, -0.2) is 13.1 Å². The van der Waals surface area contributed by atoms with Crippen LogP contribution in [-0.2, 0) is 16.6 Å². The van der Waals surface area contributed by atoms with Crippen molar-refractivity contribution in [1.82, 2.24) is 29.3 Å². The number of carbonyl (C=O) groups is 2. The summed E-state index contributed by atoms with van der Waals surface area (Å²) in [5, 5.41) is 8.39. The van der Waals surface area contributed by atoms with Gasteiger partial charge in [-0.05, 0) is 119 Å². The van der Waals surface area contributed by atoms with Gasteiger partial charge in [0, 0.05) is 41.7 Å². The lowest BCUT2D eigenvalue weighted by Gasteiger charge is -2.29. The van der Waals surface area contributed by atoms with Crippen molar-refractivity contribution in [1.29, 1.82) is 0 Å². The number of rotatable bonds is 12. The van der Waals surface area contributed by atoms with E-state index in [1.165, 1.54) is 12.0 Å². The van der Waals surface area contributed by atoms with Crippen LogP contribution >= 0.6 is 0 Å². The summed E-state index contributed by atoms with van der Waals surface area (Å²) < 4.78 is 37.9. The summed E-state index contributed by atoms with van der Waals surface area (Å²) in [7, 11) is -0.273. The molecule has 11 nitrogen and oxygen atoms in total. The standard InChI is InChI=1S/C41H52N6O5S/c1-6-45(20-19-42-4)41(49)35-24-43-47(31-13-10-14-31)38(35)30-21-29-22-32(52-5)16-18-33(29)39-37(27-11-8-7-9-12-27)34-17-15-28(23-36(34)46(39)25-30)40(48)44-53(50,51)26(2)3/h15-18,21-24,26-27,31,42H,6-14,19-20,25H2,1-5H3,(H,44,48). The lowest BCUT2D eigenvalue weighted by Crippen LogP contribution is -2.36. The smallest absolute Gasteiger partial charge is 0.264 e. The first kappa shape index (κ1) is 36.9. The van der Waals surface area contributed by atoms with Crippen LogP contribution in [0.5, 0.6) is 5.75 Å². The van der Waals surface area contributed by atoms with Crippen molar-refractivity contribution in [2.75, 3.05) is 33.8 Å². The largest absolute Gasteiger partial charge is 0.497 e. The van der Waals surface area contributed by atoms with Crippen molar-refractivity contribution in [3.8, 4) is 17.0 Å². The molecule has 2 fully saturated rings. The average Bonchev–Trinajstić information content (AvgIpc) is 3.64. The quantitative estimate of drug-likeness (QED) is 0.160. The third-order valence-corrected chi connectivity index (χ3v) is 13.2. The Kier molecular flexibility index (Phi) is 10.5. The summed E-state index contributed by atoms with van der Waals surface area (Å²) >= 11 is 0. The number of nitrogens with zero attached hydrogens (tertiary/aromatic N) is 4. The van der Waals surface area contributed by atoms with E-state index in [-0.39, 0.29) is 17.5 Å². The first-order valence-electron chi connectivity index (χ1n) is 19.2. The number of ether oxygens (including phenoxy) is 1. The number of hydrogen-bond acceptors (Lipinski definition) is 7. The lowest BCUT2D eigenvalue weighted by molar-refractivity contribution is 0.0765. The highest BCUT2D eigenvalue weighted by atomic mass is 32.2. The van der Waals surface area contributed by atoms with Crippen molar-refractivity contribution in [3.63, 3.8) is 0 Å². The number of hydrogen-bond donors (Lipinski definition) is 2. The molecule has 3 heterocycles. The zero-order valence-corrected chi connectivity index (χ0v) is 32.4. The number of amides is 2. The molecule has 0 unspecified atom stereocenters. The first-order chi connectivity index (χ1) is 25.6. The van der Waals surface area contributed by atoms with Crippen molar-refractivity contribution < 1.29 is 22.7 Å². The van der Waals surface area contributed by atoms with Gasteiger partial charge in [-0.3, -0.25) is 14.3 Å². The molecule has 3 aliphatic rings. The highest BCUT2D eigenvalue weighted by Gasteiger charge is 2.34. The number of aromatic nitrogens is 3. The topological polar surface area (TPSA) is 128 Å². The Bertz CT molecular complexity index is 2170. The van der Waals surface area contributed by atoms with Gasteiger partial charge in [0.15, 0.2) is 0 Å². The Hall–Kier alpha value is -4.42. The molecule has 0 bridgehead atoms. The van der Waals surface area contributed by atoms with Gasteiger partial charge >= 0.3 is 0 Å². The summed E-state index contributed by atoms with van der Waals surface area (Å²) in [4.78, 5) is 29.8. The molecule has 0 radical (unpaired) electrons. The summed E-state index contributed by atoms with van der Waals surface area (Å²) in [6.07, 6.45) is 12.7. The van der Waals surface area contributed by atoms with Crippen LogP contribution in [0, 0.1) is 0 Å². The van der Waals surface area contributed by atoms with E-state index in [1.807, 2.05) is 37.1 Å². The van der Waals surface area contributed by atoms with Gasteiger partial charge in [-0.1, -0.05) is 25.3 Å². The summed E-state index contributed by atoms with van der Waals surface area (Å²) in [6.45, 7) is 7.36. The molecule has 0 spiro atoms. The van der Waals surface area contributed by atoms with Crippen molar-refractivity contribution in [2.24, 2.45) is 0 Å². The van der Waals surface area contributed by atoms with Gasteiger partial charge in [-0.2, -0.15) is 5.10 Å². The van der Waals surface area contributed by atoms with E-state index in [4.69, 9.17) is 9.84 Å². The van der Waals surface area contributed by atoms with Gasteiger partial charge in [0.25, 0.3) is 11.8 Å². The van der Waals surface area contributed by atoms with E-state index in [1.54, 1.807) is 33.2 Å². The predicted octanol–water partition coefficient (Wildman–Crippen LogP) is 6.99. The molecule has 1 aliphatic heterocycles. The van der Waals surface area contributed by atoms with Crippen LogP contribution in [0.3, 0.4) is 0 Å². The average molecular weight is 741 g/mol. The molecule has 282 valence electrons. The van der Waals surface area contributed by atoms with E-state index in [9.17, 15) is 18.0 Å². The highest BCUT2D eigenvalue weighted by molar-refractivity contribution is 7.90. The molecule has 0 saturated heterocycles. The van der Waals surface area contributed by atoms with E-state index >= 15 is 0 Å². The Morgan fingerprint density at radius 1 is 1.02 bits per heavy atom. The number of sulfonamides is 1. The van der Waals surface area contributed by atoms with E-state index in [0.29, 0.717) is 37.7 Å². The second kappa shape index (κ2) is 15.1. The number of methoxy groups -OCH3 is 1. The van der Waals surface area contributed by atoms with Crippen LogP contribution in [0.2, 0.25) is 0 Å². The van der Waals surface area contributed by atoms with Crippen LogP contribution in [0.25, 0.3) is 33.8 Å². The first-order valence-corrected chi connectivity index (χ1v) is 20.7. The molecular weight excluding hydrogens is 689 g/mol. The molecule has 7 rings (SSSR count). The number of carbonyl (C=O) groups excluding carboxylic acids is 2. The Balaban J connectivity index is 1.47. The SMILES string of the molecule is CCN(CCNC)C(=O)c1cnn(C2CCC2)c1C1=Cc2cc(OC)ccc2-c2c(C3CCCCC3)c3ccc(C(=O)NS(=O)(=O)C(C)C)cc3n2C1. The minimum atomic E-state index is -3.83. The Morgan fingerprint density at radius 2 is 1.79 bits per heavy atom. The molecule has 2 amide bonds. The number of likely N-dealkylation sites (N-methyl/N-ethyl adjacent to an activating group) is 2. The third kappa shape index (κ3) is 6.91. The Morgan fingerprint density at radius 3 is 2.45 bits per heavy atom.